The van der Waals surface area contributed by atoms with Gasteiger partial charge in [-0.25, -0.2) is 0 Å². The smallest absolute Gasteiger partial charge is 0.252 e. The van der Waals surface area contributed by atoms with Crippen LogP contribution in [0.1, 0.15) is 34.6 Å². The van der Waals surface area contributed by atoms with Gasteiger partial charge in [-0.2, -0.15) is 0 Å². The SMILES string of the molecule is COc1cc(OC)cc(C(=O)NC(C(=O)Nc2ccc(Cl)c(C(N)=O)c2)C(C)C)c1. The number of benzene rings is 2. The van der Waals surface area contributed by atoms with E-state index in [0.29, 0.717) is 17.2 Å². The summed E-state index contributed by atoms with van der Waals surface area (Å²) in [7, 11) is 2.96. The van der Waals surface area contributed by atoms with Crippen molar-refractivity contribution in [1.82, 2.24) is 5.32 Å². The molecule has 3 amide bonds. The van der Waals surface area contributed by atoms with Crippen LogP contribution < -0.4 is 25.8 Å². The molecule has 0 heterocycles. The van der Waals surface area contributed by atoms with Crippen LogP contribution in [0.25, 0.3) is 0 Å². The van der Waals surface area contributed by atoms with E-state index >= 15 is 0 Å². The molecule has 0 aliphatic heterocycles. The van der Waals surface area contributed by atoms with Crippen LogP contribution >= 0.6 is 11.6 Å². The Morgan fingerprint density at radius 2 is 1.60 bits per heavy atom. The van der Waals surface area contributed by atoms with E-state index < -0.39 is 23.8 Å². The summed E-state index contributed by atoms with van der Waals surface area (Å²) in [4.78, 5) is 37.0. The normalized spacial score (nSPS) is 11.5. The summed E-state index contributed by atoms with van der Waals surface area (Å²) < 4.78 is 10.4. The van der Waals surface area contributed by atoms with E-state index in [-0.39, 0.29) is 22.1 Å². The van der Waals surface area contributed by atoms with E-state index in [1.807, 2.05) is 0 Å². The fourth-order valence-corrected chi connectivity index (χ4v) is 2.92. The standard InChI is InChI=1S/C21H24ClN3O5/c1-11(2)18(21(28)24-13-5-6-17(22)16(9-13)19(23)26)25-20(27)12-7-14(29-3)10-15(8-12)30-4/h5-11,18H,1-4H3,(H2,23,26)(H,24,28)(H,25,27). The molecule has 2 rings (SSSR count). The Balaban J connectivity index is 2.22. The van der Waals surface area contributed by atoms with Crippen molar-refractivity contribution in [2.75, 3.05) is 19.5 Å². The zero-order chi connectivity index (χ0) is 22.4. The zero-order valence-corrected chi connectivity index (χ0v) is 17.9. The number of ether oxygens (including phenoxy) is 2. The van der Waals surface area contributed by atoms with E-state index in [4.69, 9.17) is 26.8 Å². The average Bonchev–Trinajstić information content (AvgIpc) is 2.72. The number of hydrogen-bond acceptors (Lipinski definition) is 5. The summed E-state index contributed by atoms with van der Waals surface area (Å²) >= 11 is 5.94. The molecule has 1 atom stereocenters. The first kappa shape index (κ1) is 23.0. The fraction of sp³-hybridized carbons (Fsp3) is 0.286. The maximum Gasteiger partial charge on any atom is 0.252 e. The second-order valence-electron chi connectivity index (χ2n) is 6.84. The van der Waals surface area contributed by atoms with Gasteiger partial charge >= 0.3 is 0 Å². The van der Waals surface area contributed by atoms with Gasteiger partial charge < -0.3 is 25.8 Å². The largest absolute Gasteiger partial charge is 0.497 e. The van der Waals surface area contributed by atoms with Crippen LogP contribution in [-0.2, 0) is 4.79 Å². The first-order valence-corrected chi connectivity index (χ1v) is 9.48. The van der Waals surface area contributed by atoms with Crippen molar-refractivity contribution in [3.05, 3.63) is 52.5 Å². The maximum absolute atomic E-state index is 12.8. The second-order valence-corrected chi connectivity index (χ2v) is 7.25. The van der Waals surface area contributed by atoms with Crippen molar-refractivity contribution in [3.63, 3.8) is 0 Å². The molecule has 0 saturated carbocycles. The van der Waals surface area contributed by atoms with E-state index in [1.165, 1.54) is 26.4 Å². The van der Waals surface area contributed by atoms with E-state index in [1.54, 1.807) is 38.1 Å². The predicted octanol–water partition coefficient (Wildman–Crippen LogP) is 2.85. The highest BCUT2D eigenvalue weighted by Gasteiger charge is 2.25. The first-order chi connectivity index (χ1) is 14.2. The lowest BCUT2D eigenvalue weighted by Crippen LogP contribution is -2.47. The van der Waals surface area contributed by atoms with Crippen LogP contribution in [-0.4, -0.2) is 38.0 Å². The Morgan fingerprint density at radius 1 is 1.00 bits per heavy atom. The number of nitrogens with one attached hydrogen (secondary N) is 2. The molecule has 4 N–H and O–H groups in total. The van der Waals surface area contributed by atoms with Crippen molar-refractivity contribution in [3.8, 4) is 11.5 Å². The highest BCUT2D eigenvalue weighted by atomic mass is 35.5. The number of nitrogens with two attached hydrogens (primary N) is 1. The van der Waals surface area contributed by atoms with E-state index in [2.05, 4.69) is 10.6 Å². The van der Waals surface area contributed by atoms with E-state index in [9.17, 15) is 14.4 Å². The topological polar surface area (TPSA) is 120 Å². The maximum atomic E-state index is 12.8. The van der Waals surface area contributed by atoms with Crippen LogP contribution in [0.5, 0.6) is 11.5 Å². The van der Waals surface area contributed by atoms with Gasteiger partial charge in [-0.1, -0.05) is 25.4 Å². The Bertz CT molecular complexity index is 939. The van der Waals surface area contributed by atoms with Gasteiger partial charge in [-0.05, 0) is 36.2 Å². The molecule has 0 saturated heterocycles. The summed E-state index contributed by atoms with van der Waals surface area (Å²) in [6.07, 6.45) is 0. The molecule has 0 radical (unpaired) electrons. The number of carbonyl (C=O) groups excluding carboxylic acids is 3. The molecule has 0 aliphatic rings. The number of rotatable bonds is 8. The third kappa shape index (κ3) is 5.64. The van der Waals surface area contributed by atoms with Crippen molar-refractivity contribution in [2.45, 2.75) is 19.9 Å². The van der Waals surface area contributed by atoms with Gasteiger partial charge in [0.2, 0.25) is 11.8 Å². The van der Waals surface area contributed by atoms with Crippen molar-refractivity contribution < 1.29 is 23.9 Å². The Kier molecular flexibility index (Phi) is 7.66. The summed E-state index contributed by atoms with van der Waals surface area (Å²) in [6, 6.07) is 8.27. The van der Waals surface area contributed by atoms with Gasteiger partial charge in [-0.15, -0.1) is 0 Å². The summed E-state index contributed by atoms with van der Waals surface area (Å²) in [5.41, 5.74) is 5.99. The van der Waals surface area contributed by atoms with Gasteiger partial charge in [0, 0.05) is 17.3 Å². The monoisotopic (exact) mass is 433 g/mol. The Morgan fingerprint density at radius 3 is 2.10 bits per heavy atom. The van der Waals surface area contributed by atoms with Crippen molar-refractivity contribution in [1.29, 1.82) is 0 Å². The molecule has 160 valence electrons. The zero-order valence-electron chi connectivity index (χ0n) is 17.1. The van der Waals surface area contributed by atoms with Gasteiger partial charge in [0.1, 0.15) is 17.5 Å². The van der Waals surface area contributed by atoms with Crippen molar-refractivity contribution in [2.24, 2.45) is 11.7 Å². The third-order valence-corrected chi connectivity index (χ3v) is 4.68. The Labute approximate surface area is 179 Å². The third-order valence-electron chi connectivity index (χ3n) is 4.35. The number of hydrogen-bond donors (Lipinski definition) is 3. The van der Waals surface area contributed by atoms with Crippen LogP contribution in [0.2, 0.25) is 5.02 Å². The molecule has 2 aromatic carbocycles. The molecular weight excluding hydrogens is 410 g/mol. The van der Waals surface area contributed by atoms with Gasteiger partial charge in [0.25, 0.3) is 5.91 Å². The number of anilines is 1. The van der Waals surface area contributed by atoms with Crippen LogP contribution in [0.3, 0.4) is 0 Å². The van der Waals surface area contributed by atoms with Gasteiger partial charge in [0.05, 0.1) is 24.8 Å². The first-order valence-electron chi connectivity index (χ1n) is 9.10. The van der Waals surface area contributed by atoms with Crippen molar-refractivity contribution >= 4 is 35.0 Å². The number of halogens is 1. The molecule has 0 fully saturated rings. The number of methoxy groups -OCH3 is 2. The van der Waals surface area contributed by atoms with Gasteiger partial charge in [0.15, 0.2) is 0 Å². The summed E-state index contributed by atoms with van der Waals surface area (Å²) in [5.74, 6) is -0.947. The quantitative estimate of drug-likeness (QED) is 0.591. The minimum Gasteiger partial charge on any atom is -0.497 e. The predicted molar refractivity (Wildman–Crippen MR) is 114 cm³/mol. The molecule has 0 bridgehead atoms. The molecule has 0 spiro atoms. The number of amides is 3. The number of carbonyl (C=O) groups is 3. The highest BCUT2D eigenvalue weighted by molar-refractivity contribution is 6.34. The molecule has 2 aromatic rings. The average molecular weight is 434 g/mol. The lowest BCUT2D eigenvalue weighted by Gasteiger charge is -2.22. The minimum atomic E-state index is -0.845. The molecule has 1 unspecified atom stereocenters. The van der Waals surface area contributed by atoms with Crippen LogP contribution in [0, 0.1) is 5.92 Å². The van der Waals surface area contributed by atoms with Crippen LogP contribution in [0.15, 0.2) is 36.4 Å². The fourth-order valence-electron chi connectivity index (χ4n) is 2.71. The highest BCUT2D eigenvalue weighted by Crippen LogP contribution is 2.23. The molecule has 8 nitrogen and oxygen atoms in total. The molecule has 30 heavy (non-hydrogen) atoms. The second kappa shape index (κ2) is 9.98. The minimum absolute atomic E-state index is 0.0862. The molecule has 0 aromatic heterocycles. The molecule has 9 heteroatoms. The lowest BCUT2D eigenvalue weighted by atomic mass is 10.0. The molecule has 0 aliphatic carbocycles. The van der Waals surface area contributed by atoms with Gasteiger partial charge in [-0.3, -0.25) is 14.4 Å². The Hall–Kier alpha value is -3.26. The summed E-state index contributed by atoms with van der Waals surface area (Å²) in [5, 5.41) is 5.58. The lowest BCUT2D eigenvalue weighted by molar-refractivity contribution is -0.118. The van der Waals surface area contributed by atoms with Crippen LogP contribution in [0.4, 0.5) is 5.69 Å². The van der Waals surface area contributed by atoms with E-state index in [0.717, 1.165) is 0 Å². The number of primary amides is 1. The summed E-state index contributed by atoms with van der Waals surface area (Å²) in [6.45, 7) is 3.60. The molecular formula is C21H24ClN3O5.